The normalized spacial score (nSPS) is 14.8. The van der Waals surface area contributed by atoms with Crippen LogP contribution in [-0.4, -0.2) is 17.9 Å². The molecule has 0 radical (unpaired) electrons. The lowest BCUT2D eigenvalue weighted by atomic mass is 10.0. The highest BCUT2D eigenvalue weighted by molar-refractivity contribution is 7.10. The van der Waals surface area contributed by atoms with Gasteiger partial charge in [-0.15, -0.1) is 11.3 Å². The molecular formula is C25H24F2N2O2S. The van der Waals surface area contributed by atoms with Gasteiger partial charge < -0.3 is 5.32 Å². The smallest absolute Gasteiger partial charge is 0.248 e. The fraction of sp³-hybridized carbons (Fsp3) is 0.280. The molecule has 4 nitrogen and oxygen atoms in total. The third-order valence-corrected chi connectivity index (χ3v) is 6.56. The molecule has 1 fully saturated rings. The van der Waals surface area contributed by atoms with E-state index < -0.39 is 29.5 Å². The molecule has 2 aromatic carbocycles. The number of amides is 2. The van der Waals surface area contributed by atoms with Crippen molar-refractivity contribution in [1.29, 1.82) is 0 Å². The monoisotopic (exact) mass is 454 g/mol. The van der Waals surface area contributed by atoms with Gasteiger partial charge in [-0.2, -0.15) is 0 Å². The van der Waals surface area contributed by atoms with Gasteiger partial charge in [-0.05, 0) is 54.1 Å². The zero-order valence-electron chi connectivity index (χ0n) is 17.5. The third kappa shape index (κ3) is 5.05. The van der Waals surface area contributed by atoms with E-state index in [1.54, 1.807) is 6.07 Å². The van der Waals surface area contributed by atoms with Gasteiger partial charge in [0.2, 0.25) is 11.8 Å². The molecule has 0 aliphatic heterocycles. The van der Waals surface area contributed by atoms with Crippen LogP contribution >= 0.6 is 11.3 Å². The molecule has 7 heteroatoms. The van der Waals surface area contributed by atoms with Crippen LogP contribution in [-0.2, 0) is 16.0 Å². The molecule has 1 saturated carbocycles. The summed E-state index contributed by atoms with van der Waals surface area (Å²) in [4.78, 5) is 29.0. The summed E-state index contributed by atoms with van der Waals surface area (Å²) in [5, 5.41) is 4.89. The van der Waals surface area contributed by atoms with Gasteiger partial charge in [0.1, 0.15) is 17.7 Å². The molecule has 0 unspecified atom stereocenters. The van der Waals surface area contributed by atoms with E-state index >= 15 is 0 Å². The minimum absolute atomic E-state index is 0.0142. The number of para-hydroxylation sites is 1. The first-order valence-electron chi connectivity index (χ1n) is 10.7. The van der Waals surface area contributed by atoms with Gasteiger partial charge in [-0.25, -0.2) is 8.78 Å². The number of rotatable bonds is 7. The molecule has 0 bridgehead atoms. The minimum Gasteiger partial charge on any atom is -0.351 e. The van der Waals surface area contributed by atoms with Gasteiger partial charge in [0.25, 0.3) is 0 Å². The molecule has 32 heavy (non-hydrogen) atoms. The predicted octanol–water partition coefficient (Wildman–Crippen LogP) is 5.40. The van der Waals surface area contributed by atoms with E-state index in [9.17, 15) is 18.4 Å². The average molecular weight is 455 g/mol. The Labute approximate surface area is 189 Å². The highest BCUT2D eigenvalue weighted by Crippen LogP contribution is 2.32. The summed E-state index contributed by atoms with van der Waals surface area (Å²) >= 11 is 1.42. The Balaban J connectivity index is 1.77. The lowest BCUT2D eigenvalue weighted by molar-refractivity contribution is -0.127. The number of nitrogens with zero attached hydrogens (tertiary/aromatic N) is 1. The number of hydrogen-bond donors (Lipinski definition) is 1. The standard InChI is InChI=1S/C25H24F2N2O2S/c26-18-13-11-17(12-14-18)24(25(31)28-19-6-1-2-7-19)29(22-10-4-3-9-21(22)27)23(30)16-20-8-5-15-32-20/h3-5,8-15,19,24H,1-2,6-7,16H2,(H,28,31)/t24-/m0/s1. The Morgan fingerprint density at radius 3 is 2.38 bits per heavy atom. The molecule has 0 spiro atoms. The van der Waals surface area contributed by atoms with E-state index in [4.69, 9.17) is 0 Å². The van der Waals surface area contributed by atoms with Crippen molar-refractivity contribution in [2.75, 3.05) is 4.90 Å². The number of carbonyl (C=O) groups is 2. The van der Waals surface area contributed by atoms with Crippen LogP contribution in [0.15, 0.2) is 66.0 Å². The topological polar surface area (TPSA) is 49.4 Å². The van der Waals surface area contributed by atoms with Gasteiger partial charge >= 0.3 is 0 Å². The van der Waals surface area contributed by atoms with Crippen LogP contribution in [0.3, 0.4) is 0 Å². The second-order valence-corrected chi connectivity index (χ2v) is 8.95. The molecular weight excluding hydrogens is 430 g/mol. The third-order valence-electron chi connectivity index (χ3n) is 5.68. The summed E-state index contributed by atoms with van der Waals surface area (Å²) in [5.41, 5.74) is 0.439. The van der Waals surface area contributed by atoms with Gasteiger partial charge in [0.05, 0.1) is 12.1 Å². The SMILES string of the molecule is O=C(NC1CCCC1)[C@H](c1ccc(F)cc1)N(C(=O)Cc1cccs1)c1ccccc1F. The maximum Gasteiger partial charge on any atom is 0.248 e. The van der Waals surface area contributed by atoms with E-state index in [0.29, 0.717) is 5.56 Å². The van der Waals surface area contributed by atoms with Gasteiger partial charge in [-0.3, -0.25) is 14.5 Å². The van der Waals surface area contributed by atoms with Gasteiger partial charge in [0.15, 0.2) is 0 Å². The Morgan fingerprint density at radius 1 is 1.00 bits per heavy atom. The average Bonchev–Trinajstić information content (AvgIpc) is 3.48. The van der Waals surface area contributed by atoms with E-state index in [2.05, 4.69) is 5.32 Å². The van der Waals surface area contributed by atoms with Crippen LogP contribution in [0.4, 0.5) is 14.5 Å². The second kappa shape index (κ2) is 10.0. The maximum atomic E-state index is 14.9. The maximum absolute atomic E-state index is 14.9. The Kier molecular flexibility index (Phi) is 6.95. The van der Waals surface area contributed by atoms with E-state index in [1.807, 2.05) is 17.5 Å². The number of benzene rings is 2. The number of nitrogens with one attached hydrogen (secondary N) is 1. The van der Waals surface area contributed by atoms with E-state index in [0.717, 1.165) is 30.6 Å². The minimum atomic E-state index is -1.12. The van der Waals surface area contributed by atoms with Crippen molar-refractivity contribution in [1.82, 2.24) is 5.32 Å². The first-order chi connectivity index (χ1) is 15.5. The Bertz CT molecular complexity index is 1060. The fourth-order valence-corrected chi connectivity index (χ4v) is 4.82. The van der Waals surface area contributed by atoms with Crippen LogP contribution in [0.25, 0.3) is 0 Å². The van der Waals surface area contributed by atoms with Crippen molar-refractivity contribution in [2.24, 2.45) is 0 Å². The Hall–Kier alpha value is -3.06. The van der Waals surface area contributed by atoms with Crippen molar-refractivity contribution in [2.45, 2.75) is 44.2 Å². The van der Waals surface area contributed by atoms with Crippen molar-refractivity contribution >= 4 is 28.8 Å². The molecule has 1 aromatic heterocycles. The first kappa shape index (κ1) is 22.1. The van der Waals surface area contributed by atoms with Crippen molar-refractivity contribution in [3.63, 3.8) is 0 Å². The fourth-order valence-electron chi connectivity index (χ4n) is 4.12. The quantitative estimate of drug-likeness (QED) is 0.520. The van der Waals surface area contributed by atoms with Crippen LogP contribution in [0.5, 0.6) is 0 Å². The molecule has 1 atom stereocenters. The lowest BCUT2D eigenvalue weighted by Gasteiger charge is -2.32. The van der Waals surface area contributed by atoms with Crippen molar-refractivity contribution in [3.8, 4) is 0 Å². The van der Waals surface area contributed by atoms with Crippen LogP contribution in [0.2, 0.25) is 0 Å². The molecule has 2 amide bonds. The van der Waals surface area contributed by atoms with Crippen molar-refractivity contribution in [3.05, 3.63) is 88.1 Å². The Morgan fingerprint density at radius 2 is 1.72 bits per heavy atom. The first-order valence-corrected chi connectivity index (χ1v) is 11.6. The zero-order chi connectivity index (χ0) is 22.5. The highest BCUT2D eigenvalue weighted by atomic mass is 32.1. The van der Waals surface area contributed by atoms with E-state index in [1.165, 1.54) is 58.7 Å². The highest BCUT2D eigenvalue weighted by Gasteiger charge is 2.35. The molecule has 0 saturated heterocycles. The summed E-state index contributed by atoms with van der Waals surface area (Å²) < 4.78 is 28.5. The summed E-state index contributed by atoms with van der Waals surface area (Å²) in [5.74, 6) is -1.86. The summed E-state index contributed by atoms with van der Waals surface area (Å²) in [6.07, 6.45) is 3.82. The van der Waals surface area contributed by atoms with Crippen molar-refractivity contribution < 1.29 is 18.4 Å². The largest absolute Gasteiger partial charge is 0.351 e. The summed E-state index contributed by atoms with van der Waals surface area (Å²) in [7, 11) is 0. The second-order valence-electron chi connectivity index (χ2n) is 7.92. The molecule has 166 valence electrons. The molecule has 1 N–H and O–H groups in total. The number of hydrogen-bond acceptors (Lipinski definition) is 3. The van der Waals surface area contributed by atoms with E-state index in [-0.39, 0.29) is 18.2 Å². The molecule has 1 aliphatic carbocycles. The summed E-state index contributed by atoms with van der Waals surface area (Å²) in [6, 6.07) is 13.9. The van der Waals surface area contributed by atoms with Crippen LogP contribution < -0.4 is 10.2 Å². The van der Waals surface area contributed by atoms with Crippen LogP contribution in [0, 0.1) is 11.6 Å². The van der Waals surface area contributed by atoms with Crippen LogP contribution in [0.1, 0.15) is 42.2 Å². The zero-order valence-corrected chi connectivity index (χ0v) is 18.3. The summed E-state index contributed by atoms with van der Waals surface area (Å²) in [6.45, 7) is 0. The molecule has 4 rings (SSSR count). The predicted molar refractivity (Wildman–Crippen MR) is 121 cm³/mol. The lowest BCUT2D eigenvalue weighted by Crippen LogP contribution is -2.47. The molecule has 3 aromatic rings. The van der Waals surface area contributed by atoms with Gasteiger partial charge in [0, 0.05) is 10.9 Å². The molecule has 1 heterocycles. The number of anilines is 1. The number of thiophene rings is 1. The van der Waals surface area contributed by atoms with Gasteiger partial charge in [-0.1, -0.05) is 43.2 Å². The number of halogens is 2. The number of carbonyl (C=O) groups excluding carboxylic acids is 2. The molecule has 1 aliphatic rings.